The van der Waals surface area contributed by atoms with Crippen molar-refractivity contribution in [2.75, 3.05) is 21.3 Å². The van der Waals surface area contributed by atoms with Crippen LogP contribution < -0.4 is 14.2 Å². The van der Waals surface area contributed by atoms with Gasteiger partial charge in [-0.2, -0.15) is 4.89 Å². The molecule has 6 heteroatoms. The maximum absolute atomic E-state index is 14.3. The molecule has 0 aliphatic heterocycles. The van der Waals surface area contributed by atoms with Crippen LogP contribution in [0.15, 0.2) is 54.6 Å². The lowest BCUT2D eigenvalue weighted by molar-refractivity contribution is 0.384. The van der Waals surface area contributed by atoms with Crippen molar-refractivity contribution in [1.29, 1.82) is 0 Å². The summed E-state index contributed by atoms with van der Waals surface area (Å²) < 4.78 is 32.1. The van der Waals surface area contributed by atoms with Gasteiger partial charge in [-0.1, -0.05) is 80.5 Å². The lowest BCUT2D eigenvalue weighted by Gasteiger charge is -2.32. The highest BCUT2D eigenvalue weighted by Gasteiger charge is 2.60. The second-order valence-electron chi connectivity index (χ2n) is 13.5. The van der Waals surface area contributed by atoms with Crippen LogP contribution in [-0.2, 0) is 26.0 Å². The fourth-order valence-electron chi connectivity index (χ4n) is 5.12. The molecule has 0 aromatic heterocycles. The molecule has 0 saturated heterocycles. The molecule has 0 heterocycles. The minimum absolute atomic E-state index is 0.220. The average Bonchev–Trinajstić information content (AvgIpc) is 2.87. The van der Waals surface area contributed by atoms with E-state index in [-0.39, 0.29) is 16.2 Å². The zero-order valence-electron chi connectivity index (χ0n) is 26.2. The van der Waals surface area contributed by atoms with Crippen molar-refractivity contribution in [2.24, 2.45) is 0 Å². The van der Waals surface area contributed by atoms with Gasteiger partial charge in [0.15, 0.2) is 0 Å². The van der Waals surface area contributed by atoms with Crippen LogP contribution in [0.2, 0.25) is 0 Å². The second-order valence-corrected chi connectivity index (χ2v) is 14.7. The third-order valence-electron chi connectivity index (χ3n) is 7.65. The van der Waals surface area contributed by atoms with Gasteiger partial charge < -0.3 is 14.2 Å². The van der Waals surface area contributed by atoms with Crippen molar-refractivity contribution in [2.45, 2.75) is 83.7 Å². The Labute approximate surface area is 241 Å². The number of hydrogen-bond acceptors (Lipinski definition) is 4. The van der Waals surface area contributed by atoms with Crippen molar-refractivity contribution in [3.63, 3.8) is 0 Å². The van der Waals surface area contributed by atoms with Crippen molar-refractivity contribution >= 4 is 8.03 Å². The van der Waals surface area contributed by atoms with Crippen LogP contribution in [0.3, 0.4) is 0 Å². The number of methoxy groups -OCH3 is 3. The summed E-state index contributed by atoms with van der Waals surface area (Å²) in [4.78, 5) is 11.7. The summed E-state index contributed by atoms with van der Waals surface area (Å²) in [7, 11) is 1.80. The molecule has 0 amide bonds. The smallest absolute Gasteiger partial charge is 0.496 e. The van der Waals surface area contributed by atoms with Gasteiger partial charge in [0, 0.05) is 0 Å². The predicted molar refractivity (Wildman–Crippen MR) is 165 cm³/mol. The number of hydrogen-bond donors (Lipinski definition) is 1. The molecule has 1 atom stereocenters. The van der Waals surface area contributed by atoms with Crippen LogP contribution >= 0.6 is 8.03 Å². The highest BCUT2D eigenvalue weighted by atomic mass is 31.1. The first kappa shape index (κ1) is 31.6. The molecule has 0 aliphatic rings. The highest BCUT2D eigenvalue weighted by Crippen LogP contribution is 2.61. The van der Waals surface area contributed by atoms with Crippen molar-refractivity contribution < 1.29 is 23.7 Å². The summed E-state index contributed by atoms with van der Waals surface area (Å²) in [6.07, 6.45) is 0. The molecule has 0 spiro atoms. The van der Waals surface area contributed by atoms with E-state index in [4.69, 9.17) is 14.2 Å². The number of benzene rings is 3. The van der Waals surface area contributed by atoms with Gasteiger partial charge in [-0.3, -0.25) is 0 Å². The van der Waals surface area contributed by atoms with Gasteiger partial charge in [-0.25, -0.2) is 0 Å². The molecular formula is C34H46O5P+. The van der Waals surface area contributed by atoms with E-state index < -0.39 is 13.2 Å². The molecule has 0 saturated carbocycles. The Bertz CT molecular complexity index is 1230. The van der Waals surface area contributed by atoms with E-state index in [2.05, 4.69) is 62.3 Å². The predicted octanol–water partition coefficient (Wildman–Crippen LogP) is 8.63. The minimum Gasteiger partial charge on any atom is -0.496 e. The maximum Gasteiger partial charge on any atom is 0.527 e. The molecule has 0 fully saturated rings. The average molecular weight is 566 g/mol. The molecule has 216 valence electrons. The van der Waals surface area contributed by atoms with Gasteiger partial charge in [0.05, 0.1) is 38.0 Å². The van der Waals surface area contributed by atoms with Crippen LogP contribution in [-0.4, -0.2) is 26.2 Å². The quantitative estimate of drug-likeness (QED) is 0.229. The molecular weight excluding hydrogens is 519 g/mol. The fraction of sp³-hybridized carbons (Fsp3) is 0.471. The Morgan fingerprint density at radius 1 is 0.525 bits per heavy atom. The number of rotatable bonds is 7. The van der Waals surface area contributed by atoms with Gasteiger partial charge in [0.1, 0.15) is 17.2 Å². The summed E-state index contributed by atoms with van der Waals surface area (Å²) >= 11 is 0. The number of ether oxygens (including phenoxy) is 3. The van der Waals surface area contributed by atoms with Gasteiger partial charge in [0.2, 0.25) is 0 Å². The molecule has 5 nitrogen and oxygen atoms in total. The van der Waals surface area contributed by atoms with Crippen LogP contribution in [0.5, 0.6) is 17.2 Å². The fourth-order valence-corrected chi connectivity index (χ4v) is 6.26. The summed E-state index contributed by atoms with van der Waals surface area (Å²) in [5, 5.41) is -1.58. The Hall–Kier alpha value is -2.88. The van der Waals surface area contributed by atoms with Gasteiger partial charge in [-0.05, 0) is 73.9 Å². The van der Waals surface area contributed by atoms with Crippen LogP contribution in [0.25, 0.3) is 0 Å². The minimum atomic E-state index is -2.98. The standard InChI is InChI=1S/C34H45O5P/c1-31(2,3)22-13-16-28(37-10)25(19-22)34(40(35)36,26-20-23(32(4,5)6)14-17-29(26)38-11)27-21-24(33(7,8)9)15-18-30(27)39-12/h13-21H,1-12H3/p+1. The molecule has 0 bridgehead atoms. The van der Waals surface area contributed by atoms with Crippen LogP contribution in [0.4, 0.5) is 0 Å². The second kappa shape index (κ2) is 11.2. The zero-order valence-corrected chi connectivity index (χ0v) is 27.1. The first-order chi connectivity index (χ1) is 18.4. The third kappa shape index (κ3) is 5.78. The lowest BCUT2D eigenvalue weighted by Crippen LogP contribution is -2.30. The Morgan fingerprint density at radius 3 is 0.950 bits per heavy atom. The maximum atomic E-state index is 14.3. The van der Waals surface area contributed by atoms with Crippen molar-refractivity contribution in [3.8, 4) is 17.2 Å². The molecule has 1 N–H and O–H groups in total. The SMILES string of the molecule is COc1ccc(C(C)(C)C)cc1C(c1cc(C(C)(C)C)ccc1OC)(c1cc(C(C)(C)C)ccc1OC)[P+](=O)O. The Balaban J connectivity index is 2.73. The zero-order chi connectivity index (χ0) is 30.3. The van der Waals surface area contributed by atoms with E-state index >= 15 is 0 Å². The Morgan fingerprint density at radius 2 is 0.775 bits per heavy atom. The van der Waals surface area contributed by atoms with E-state index in [1.54, 1.807) is 21.3 Å². The Kier molecular flexibility index (Phi) is 8.85. The normalized spacial score (nSPS) is 13.2. The highest BCUT2D eigenvalue weighted by molar-refractivity contribution is 7.40. The monoisotopic (exact) mass is 565 g/mol. The topological polar surface area (TPSA) is 65.0 Å². The molecule has 0 aliphatic carbocycles. The van der Waals surface area contributed by atoms with Crippen molar-refractivity contribution in [3.05, 3.63) is 88.0 Å². The van der Waals surface area contributed by atoms with E-state index in [1.807, 2.05) is 54.6 Å². The molecule has 3 aromatic rings. The van der Waals surface area contributed by atoms with Crippen LogP contribution in [0.1, 0.15) is 95.7 Å². The first-order valence-corrected chi connectivity index (χ1v) is 14.9. The van der Waals surface area contributed by atoms with E-state index in [1.165, 1.54) is 0 Å². The summed E-state index contributed by atoms with van der Waals surface area (Å²) in [6.45, 7) is 19.1. The van der Waals surface area contributed by atoms with Crippen molar-refractivity contribution in [1.82, 2.24) is 0 Å². The van der Waals surface area contributed by atoms with E-state index in [9.17, 15) is 9.46 Å². The molecule has 3 aromatic carbocycles. The van der Waals surface area contributed by atoms with Gasteiger partial charge >= 0.3 is 8.03 Å². The summed E-state index contributed by atoms with van der Waals surface area (Å²) in [5.74, 6) is 1.53. The molecule has 40 heavy (non-hydrogen) atoms. The molecule has 3 rings (SSSR count). The van der Waals surface area contributed by atoms with E-state index in [0.29, 0.717) is 33.9 Å². The summed E-state index contributed by atoms with van der Waals surface area (Å²) in [6, 6.07) is 17.8. The molecule has 1 unspecified atom stereocenters. The lowest BCUT2D eigenvalue weighted by atomic mass is 9.75. The first-order valence-electron chi connectivity index (χ1n) is 13.7. The third-order valence-corrected chi connectivity index (χ3v) is 8.95. The van der Waals surface area contributed by atoms with Gasteiger partial charge in [0.25, 0.3) is 5.16 Å². The van der Waals surface area contributed by atoms with E-state index in [0.717, 1.165) is 16.7 Å². The van der Waals surface area contributed by atoms with Gasteiger partial charge in [-0.15, -0.1) is 0 Å². The molecule has 0 radical (unpaired) electrons. The summed E-state index contributed by atoms with van der Waals surface area (Å²) in [5.41, 5.74) is 4.14. The largest absolute Gasteiger partial charge is 0.527 e. The van der Waals surface area contributed by atoms with Crippen LogP contribution in [0, 0.1) is 0 Å².